The van der Waals surface area contributed by atoms with Crippen LogP contribution in [0.4, 0.5) is 5.69 Å². The van der Waals surface area contributed by atoms with E-state index in [4.69, 9.17) is 44.8 Å². The maximum atomic E-state index is 7.81. The molecule has 0 spiro atoms. The third-order valence-corrected chi connectivity index (χ3v) is 3.78. The summed E-state index contributed by atoms with van der Waals surface area (Å²) in [6, 6.07) is 5.35. The molecule has 1 aromatic carbocycles. The van der Waals surface area contributed by atoms with E-state index in [1.54, 1.807) is 26.0 Å². The Morgan fingerprint density at radius 3 is 2.55 bits per heavy atom. The second-order valence-corrected chi connectivity index (χ2v) is 5.62. The van der Waals surface area contributed by atoms with Gasteiger partial charge in [0.2, 0.25) is 0 Å². The van der Waals surface area contributed by atoms with Gasteiger partial charge in [-0.05, 0) is 41.4 Å². The summed E-state index contributed by atoms with van der Waals surface area (Å²) in [5.74, 6) is 0.565. The van der Waals surface area contributed by atoms with Crippen LogP contribution in [0, 0.1) is 5.41 Å². The zero-order valence-corrected chi connectivity index (χ0v) is 14.9. The number of nitrogens with two attached hydrogens (primary N) is 2. The van der Waals surface area contributed by atoms with Crippen molar-refractivity contribution in [2.45, 2.75) is 20.0 Å². The predicted molar refractivity (Wildman–Crippen MR) is 97.6 cm³/mol. The van der Waals surface area contributed by atoms with E-state index < -0.39 is 6.10 Å². The van der Waals surface area contributed by atoms with Crippen molar-refractivity contribution in [1.82, 2.24) is 0 Å². The SMILES string of the molecule is CC(=N)c1cc(OC(C)C(/C(Cl)=C\N)=C(/N)Cl)ccc1NP. The number of hydrogen-bond acceptors (Lipinski definition) is 5. The number of nitrogens with one attached hydrogen (secondary N) is 2. The molecule has 0 aliphatic heterocycles. The van der Waals surface area contributed by atoms with Crippen molar-refractivity contribution < 1.29 is 4.74 Å². The number of halogens is 2. The molecule has 1 aromatic rings. The van der Waals surface area contributed by atoms with Crippen LogP contribution in [0.5, 0.6) is 5.75 Å². The van der Waals surface area contributed by atoms with Gasteiger partial charge in [0.05, 0.1) is 5.03 Å². The van der Waals surface area contributed by atoms with Crippen LogP contribution in [0.15, 0.2) is 40.2 Å². The molecule has 5 nitrogen and oxygen atoms in total. The van der Waals surface area contributed by atoms with Crippen LogP contribution in [-0.4, -0.2) is 11.8 Å². The minimum Gasteiger partial charge on any atom is -0.486 e. The minimum atomic E-state index is -0.501. The molecule has 2 atom stereocenters. The number of benzene rings is 1. The fourth-order valence-electron chi connectivity index (χ4n) is 1.89. The Hall–Kier alpha value is -1.42. The molecule has 22 heavy (non-hydrogen) atoms. The highest BCUT2D eigenvalue weighted by atomic mass is 35.5. The zero-order valence-electron chi connectivity index (χ0n) is 12.3. The van der Waals surface area contributed by atoms with E-state index in [1.165, 1.54) is 6.20 Å². The van der Waals surface area contributed by atoms with Crippen LogP contribution in [0.3, 0.4) is 0 Å². The average Bonchev–Trinajstić information content (AvgIpc) is 2.46. The van der Waals surface area contributed by atoms with Crippen LogP contribution < -0.4 is 21.3 Å². The smallest absolute Gasteiger partial charge is 0.125 e. The topological polar surface area (TPSA) is 97.1 Å². The van der Waals surface area contributed by atoms with Gasteiger partial charge in [0, 0.05) is 28.7 Å². The molecule has 0 aromatic heterocycles. The van der Waals surface area contributed by atoms with Crippen LogP contribution in [-0.2, 0) is 0 Å². The van der Waals surface area contributed by atoms with Gasteiger partial charge < -0.3 is 26.7 Å². The fraction of sp³-hybridized carbons (Fsp3) is 0.214. The molecular formula is C14H19Cl2N4OP. The lowest BCUT2D eigenvalue weighted by Crippen LogP contribution is -2.19. The van der Waals surface area contributed by atoms with E-state index >= 15 is 0 Å². The molecule has 0 heterocycles. The molecule has 0 bridgehead atoms. The van der Waals surface area contributed by atoms with Crippen molar-refractivity contribution in [2.75, 3.05) is 5.09 Å². The lowest BCUT2D eigenvalue weighted by Gasteiger charge is -2.19. The molecule has 0 radical (unpaired) electrons. The second kappa shape index (κ2) is 8.28. The summed E-state index contributed by atoms with van der Waals surface area (Å²) in [7, 11) is 2.40. The highest BCUT2D eigenvalue weighted by molar-refractivity contribution is 7.18. The van der Waals surface area contributed by atoms with Gasteiger partial charge in [-0.2, -0.15) is 0 Å². The van der Waals surface area contributed by atoms with Crippen molar-refractivity contribution in [2.24, 2.45) is 11.5 Å². The highest BCUT2D eigenvalue weighted by Gasteiger charge is 2.18. The quantitative estimate of drug-likeness (QED) is 0.270. The van der Waals surface area contributed by atoms with Crippen molar-refractivity contribution in [3.8, 4) is 5.75 Å². The lowest BCUT2D eigenvalue weighted by atomic mass is 10.1. The van der Waals surface area contributed by atoms with E-state index in [0.717, 1.165) is 11.3 Å². The molecule has 1 rings (SSSR count). The maximum absolute atomic E-state index is 7.81. The molecule has 0 saturated carbocycles. The molecule has 8 heteroatoms. The van der Waals surface area contributed by atoms with Crippen LogP contribution in [0.1, 0.15) is 19.4 Å². The van der Waals surface area contributed by atoms with E-state index in [9.17, 15) is 0 Å². The van der Waals surface area contributed by atoms with Crippen LogP contribution in [0.25, 0.3) is 0 Å². The summed E-state index contributed by atoms with van der Waals surface area (Å²) in [5.41, 5.74) is 13.4. The van der Waals surface area contributed by atoms with Gasteiger partial charge in [-0.3, -0.25) is 0 Å². The summed E-state index contributed by atoms with van der Waals surface area (Å²) in [5, 5.41) is 11.0. The Morgan fingerprint density at radius 1 is 1.45 bits per heavy atom. The second-order valence-electron chi connectivity index (χ2n) is 4.51. The van der Waals surface area contributed by atoms with Gasteiger partial charge >= 0.3 is 0 Å². The summed E-state index contributed by atoms with van der Waals surface area (Å²) in [4.78, 5) is 0. The molecule has 6 N–H and O–H groups in total. The first-order valence-corrected chi connectivity index (χ1v) is 7.70. The Kier molecular flexibility index (Phi) is 7.01. The van der Waals surface area contributed by atoms with Gasteiger partial charge in [0.1, 0.15) is 17.0 Å². The van der Waals surface area contributed by atoms with Crippen molar-refractivity contribution in [3.05, 3.63) is 45.7 Å². The van der Waals surface area contributed by atoms with Crippen molar-refractivity contribution in [3.63, 3.8) is 0 Å². The van der Waals surface area contributed by atoms with Gasteiger partial charge in [-0.15, -0.1) is 0 Å². The molecule has 0 saturated heterocycles. The minimum absolute atomic E-state index is 0.0194. The Balaban J connectivity index is 3.12. The number of hydrogen-bond donors (Lipinski definition) is 4. The summed E-state index contributed by atoms with van der Waals surface area (Å²) in [6.45, 7) is 3.46. The van der Waals surface area contributed by atoms with Crippen molar-refractivity contribution >= 4 is 44.0 Å². The first-order chi connectivity index (χ1) is 10.3. The fourth-order valence-corrected chi connectivity index (χ4v) is 2.70. The van der Waals surface area contributed by atoms with Gasteiger partial charge in [0.25, 0.3) is 0 Å². The number of ether oxygens (including phenoxy) is 1. The van der Waals surface area contributed by atoms with E-state index in [1.807, 2.05) is 6.07 Å². The molecular weight excluding hydrogens is 342 g/mol. The normalized spacial score (nSPS) is 14.1. The average molecular weight is 361 g/mol. The highest BCUT2D eigenvalue weighted by Crippen LogP contribution is 2.28. The number of rotatable bonds is 6. The van der Waals surface area contributed by atoms with Crippen molar-refractivity contribution in [1.29, 1.82) is 5.41 Å². The van der Waals surface area contributed by atoms with Crippen LogP contribution >= 0.6 is 32.6 Å². The van der Waals surface area contributed by atoms with E-state index in [2.05, 4.69) is 14.5 Å². The van der Waals surface area contributed by atoms with Gasteiger partial charge in [0.15, 0.2) is 0 Å². The summed E-state index contributed by atoms with van der Waals surface area (Å²) < 4.78 is 5.82. The molecule has 120 valence electrons. The standard InChI is InChI=1S/C14H19Cl2N4OP/c1-7(18)10-5-9(3-4-12(10)20-22)21-8(2)13(14(16)19)11(15)6-17/h3-6,8,18,20H,17,19,22H2,1-2H3/b11-6+,14-13-,18-7?. The number of anilines is 1. The molecule has 0 fully saturated rings. The third kappa shape index (κ3) is 4.54. The molecule has 0 amide bonds. The first-order valence-electron chi connectivity index (χ1n) is 6.37. The van der Waals surface area contributed by atoms with Crippen LogP contribution in [0.2, 0.25) is 0 Å². The monoisotopic (exact) mass is 360 g/mol. The zero-order chi connectivity index (χ0) is 16.9. The molecule has 2 unspecified atom stereocenters. The van der Waals surface area contributed by atoms with Gasteiger partial charge in [-0.25, -0.2) is 0 Å². The Morgan fingerprint density at radius 2 is 2.09 bits per heavy atom. The summed E-state index contributed by atoms with van der Waals surface area (Å²) in [6.07, 6.45) is 0.707. The maximum Gasteiger partial charge on any atom is 0.125 e. The molecule has 0 aliphatic carbocycles. The molecule has 0 aliphatic rings. The first kappa shape index (κ1) is 18.6. The predicted octanol–water partition coefficient (Wildman–Crippen LogP) is 3.49. The Bertz CT molecular complexity index is 627. The van der Waals surface area contributed by atoms with E-state index in [-0.39, 0.29) is 10.2 Å². The van der Waals surface area contributed by atoms with Gasteiger partial charge in [-0.1, -0.05) is 23.2 Å². The Labute approximate surface area is 142 Å². The third-order valence-electron chi connectivity index (χ3n) is 2.93. The largest absolute Gasteiger partial charge is 0.486 e. The lowest BCUT2D eigenvalue weighted by molar-refractivity contribution is 0.260. The van der Waals surface area contributed by atoms with E-state index in [0.29, 0.717) is 17.0 Å². The summed E-state index contributed by atoms with van der Waals surface area (Å²) >= 11 is 11.9.